The molecule has 0 saturated heterocycles. The summed E-state index contributed by atoms with van der Waals surface area (Å²) in [5.74, 6) is -0.169. The molecule has 1 amide bonds. The molecule has 0 aliphatic carbocycles. The van der Waals surface area contributed by atoms with E-state index >= 15 is 0 Å². The lowest BCUT2D eigenvalue weighted by Crippen LogP contribution is -2.44. The Hall–Kier alpha value is -2.40. The van der Waals surface area contributed by atoms with Crippen LogP contribution in [0.4, 0.5) is 0 Å². The number of benzene rings is 1. The zero-order valence-electron chi connectivity index (χ0n) is 16.0. The highest BCUT2D eigenvalue weighted by atomic mass is 16.2. The molecule has 2 aromatic rings. The van der Waals surface area contributed by atoms with Gasteiger partial charge in [0.2, 0.25) is 0 Å². The first kappa shape index (κ1) is 18.4. The molecule has 1 aliphatic rings. The molecule has 0 radical (unpaired) electrons. The van der Waals surface area contributed by atoms with Gasteiger partial charge in [0.25, 0.3) is 5.91 Å². The quantitative estimate of drug-likeness (QED) is 0.812. The number of ketones is 1. The summed E-state index contributed by atoms with van der Waals surface area (Å²) in [6.07, 6.45) is 1.05. The van der Waals surface area contributed by atoms with Gasteiger partial charge in [0, 0.05) is 36.9 Å². The van der Waals surface area contributed by atoms with E-state index in [4.69, 9.17) is 0 Å². The van der Waals surface area contributed by atoms with Gasteiger partial charge < -0.3 is 10.3 Å². The third-order valence-corrected chi connectivity index (χ3v) is 5.36. The number of H-pyrrole nitrogens is 1. The molecule has 1 aromatic heterocycles. The number of aromatic nitrogens is 1. The Morgan fingerprint density at radius 1 is 1.23 bits per heavy atom. The van der Waals surface area contributed by atoms with Crippen molar-refractivity contribution in [3.8, 4) is 0 Å². The zero-order valence-corrected chi connectivity index (χ0v) is 16.0. The number of Topliss-reactive ketones (excluding diaryl/α,β-unsaturated/α-hetero) is 1. The predicted molar refractivity (Wildman–Crippen MR) is 103 cm³/mol. The van der Waals surface area contributed by atoms with Crippen LogP contribution in [0.25, 0.3) is 0 Å². The second kappa shape index (κ2) is 7.46. The molecule has 0 spiro atoms. The number of carbonyl (C=O) groups is 2. The summed E-state index contributed by atoms with van der Waals surface area (Å²) < 4.78 is 0. The van der Waals surface area contributed by atoms with Crippen LogP contribution in [0.1, 0.15) is 57.1 Å². The Kier molecular flexibility index (Phi) is 5.28. The molecule has 5 heteroatoms. The van der Waals surface area contributed by atoms with Crippen molar-refractivity contribution in [3.05, 3.63) is 57.9 Å². The van der Waals surface area contributed by atoms with Gasteiger partial charge in [-0.05, 0) is 50.8 Å². The first-order valence-corrected chi connectivity index (χ1v) is 9.17. The summed E-state index contributed by atoms with van der Waals surface area (Å²) in [5, 5.41) is 3.02. The van der Waals surface area contributed by atoms with Crippen molar-refractivity contribution in [2.24, 2.45) is 0 Å². The summed E-state index contributed by atoms with van der Waals surface area (Å²) in [7, 11) is 0. The van der Waals surface area contributed by atoms with E-state index in [1.807, 2.05) is 13.8 Å². The van der Waals surface area contributed by atoms with E-state index < -0.39 is 0 Å². The molecule has 2 N–H and O–H groups in total. The van der Waals surface area contributed by atoms with Crippen LogP contribution in [0.5, 0.6) is 0 Å². The lowest BCUT2D eigenvalue weighted by Gasteiger charge is -2.33. The number of nitrogens with one attached hydrogen (secondary N) is 2. The molecule has 0 saturated carbocycles. The zero-order chi connectivity index (χ0) is 18.8. The first-order valence-electron chi connectivity index (χ1n) is 9.17. The number of aromatic amines is 1. The fraction of sp³-hybridized carbons (Fsp3) is 0.429. The van der Waals surface area contributed by atoms with Crippen LogP contribution in [0.3, 0.4) is 0 Å². The Morgan fingerprint density at radius 3 is 2.58 bits per heavy atom. The molecular formula is C21H27N3O2. The van der Waals surface area contributed by atoms with E-state index in [0.717, 1.165) is 30.8 Å². The normalized spacial score (nSPS) is 15.4. The SMILES string of the molecule is CC(=O)c1c(C)[nH]c(C(=O)NCC(C)N2CCc3ccccc3C2)c1C. The minimum Gasteiger partial charge on any atom is -0.354 e. The van der Waals surface area contributed by atoms with E-state index in [1.165, 1.54) is 18.1 Å². The fourth-order valence-electron chi connectivity index (χ4n) is 3.86. The molecule has 138 valence electrons. The average molecular weight is 353 g/mol. The van der Waals surface area contributed by atoms with Crippen molar-refractivity contribution in [1.82, 2.24) is 15.2 Å². The highest BCUT2D eigenvalue weighted by Crippen LogP contribution is 2.21. The Labute approximate surface area is 154 Å². The molecule has 1 aromatic carbocycles. The van der Waals surface area contributed by atoms with Crippen molar-refractivity contribution in [3.63, 3.8) is 0 Å². The molecule has 1 aliphatic heterocycles. The van der Waals surface area contributed by atoms with Crippen molar-refractivity contribution in [2.75, 3.05) is 13.1 Å². The van der Waals surface area contributed by atoms with Gasteiger partial charge in [0.1, 0.15) is 5.69 Å². The van der Waals surface area contributed by atoms with Gasteiger partial charge >= 0.3 is 0 Å². The molecule has 1 atom stereocenters. The largest absolute Gasteiger partial charge is 0.354 e. The monoisotopic (exact) mass is 353 g/mol. The smallest absolute Gasteiger partial charge is 0.268 e. The number of nitrogens with zero attached hydrogens (tertiary/aromatic N) is 1. The maximum Gasteiger partial charge on any atom is 0.268 e. The van der Waals surface area contributed by atoms with Crippen LogP contribution in [0.2, 0.25) is 0 Å². The highest BCUT2D eigenvalue weighted by molar-refractivity contribution is 6.02. The molecule has 2 heterocycles. The van der Waals surface area contributed by atoms with E-state index in [2.05, 4.69) is 46.4 Å². The summed E-state index contributed by atoms with van der Waals surface area (Å²) in [6.45, 7) is 9.82. The van der Waals surface area contributed by atoms with Crippen LogP contribution < -0.4 is 5.32 Å². The third-order valence-electron chi connectivity index (χ3n) is 5.36. The maximum absolute atomic E-state index is 12.6. The van der Waals surface area contributed by atoms with Crippen LogP contribution >= 0.6 is 0 Å². The molecule has 0 fully saturated rings. The first-order chi connectivity index (χ1) is 12.4. The van der Waals surface area contributed by atoms with Gasteiger partial charge in [-0.2, -0.15) is 0 Å². The molecule has 0 bridgehead atoms. The molecule has 3 rings (SSSR count). The van der Waals surface area contributed by atoms with Gasteiger partial charge in [0.05, 0.1) is 0 Å². The van der Waals surface area contributed by atoms with Crippen molar-refractivity contribution >= 4 is 11.7 Å². The molecule has 5 nitrogen and oxygen atoms in total. The van der Waals surface area contributed by atoms with Crippen molar-refractivity contribution < 1.29 is 9.59 Å². The minimum atomic E-state index is -0.151. The average Bonchev–Trinajstić information content (AvgIpc) is 2.93. The summed E-state index contributed by atoms with van der Waals surface area (Å²) in [6, 6.07) is 8.80. The van der Waals surface area contributed by atoms with Gasteiger partial charge in [0.15, 0.2) is 5.78 Å². The number of fused-ring (bicyclic) bond motifs is 1. The summed E-state index contributed by atoms with van der Waals surface area (Å²) in [5.41, 5.74) is 5.39. The maximum atomic E-state index is 12.6. The Bertz CT molecular complexity index is 838. The lowest BCUT2D eigenvalue weighted by atomic mass is 9.99. The van der Waals surface area contributed by atoms with Crippen LogP contribution in [0, 0.1) is 13.8 Å². The third kappa shape index (κ3) is 3.58. The van der Waals surface area contributed by atoms with E-state index in [9.17, 15) is 9.59 Å². The number of amides is 1. The standard InChI is InChI=1S/C21H27N3O2/c1-13(24-10-9-17-7-5-6-8-18(17)12-24)11-22-21(26)20-14(2)19(16(4)25)15(3)23-20/h5-8,13,23H,9-12H2,1-4H3,(H,22,26). The van der Waals surface area contributed by atoms with Gasteiger partial charge in [-0.25, -0.2) is 0 Å². The van der Waals surface area contributed by atoms with E-state index in [1.54, 1.807) is 0 Å². The van der Waals surface area contributed by atoms with Gasteiger partial charge in [-0.15, -0.1) is 0 Å². The molecule has 1 unspecified atom stereocenters. The Morgan fingerprint density at radius 2 is 1.92 bits per heavy atom. The van der Waals surface area contributed by atoms with Gasteiger partial charge in [-0.1, -0.05) is 24.3 Å². The van der Waals surface area contributed by atoms with Gasteiger partial charge in [-0.3, -0.25) is 14.5 Å². The number of hydrogen-bond acceptors (Lipinski definition) is 3. The number of rotatable bonds is 5. The lowest BCUT2D eigenvalue weighted by molar-refractivity contribution is 0.0927. The second-order valence-electron chi connectivity index (χ2n) is 7.23. The van der Waals surface area contributed by atoms with Crippen LogP contribution in [-0.2, 0) is 13.0 Å². The number of carbonyl (C=O) groups excluding carboxylic acids is 2. The fourth-order valence-corrected chi connectivity index (χ4v) is 3.86. The topological polar surface area (TPSA) is 65.2 Å². The number of aryl methyl sites for hydroxylation is 1. The van der Waals surface area contributed by atoms with E-state index in [-0.39, 0.29) is 17.7 Å². The summed E-state index contributed by atoms with van der Waals surface area (Å²) >= 11 is 0. The van der Waals surface area contributed by atoms with E-state index in [0.29, 0.717) is 17.8 Å². The van der Waals surface area contributed by atoms with Crippen molar-refractivity contribution in [2.45, 2.75) is 46.7 Å². The molecule has 26 heavy (non-hydrogen) atoms. The van der Waals surface area contributed by atoms with Crippen LogP contribution in [-0.4, -0.2) is 40.7 Å². The predicted octanol–water partition coefficient (Wildman–Crippen LogP) is 3.01. The minimum absolute atomic E-state index is 0.0179. The molecular weight excluding hydrogens is 326 g/mol. The highest BCUT2D eigenvalue weighted by Gasteiger charge is 2.23. The summed E-state index contributed by atoms with van der Waals surface area (Å²) in [4.78, 5) is 29.8. The second-order valence-corrected chi connectivity index (χ2v) is 7.23. The van der Waals surface area contributed by atoms with Crippen molar-refractivity contribution in [1.29, 1.82) is 0 Å². The van der Waals surface area contributed by atoms with Crippen LogP contribution in [0.15, 0.2) is 24.3 Å². The number of hydrogen-bond donors (Lipinski definition) is 2. The Balaban J connectivity index is 1.62.